The third-order valence-electron chi connectivity index (χ3n) is 3.06. The van der Waals surface area contributed by atoms with Crippen molar-refractivity contribution in [3.8, 4) is 22.6 Å². The summed E-state index contributed by atoms with van der Waals surface area (Å²) in [5.41, 5.74) is 7.39. The van der Waals surface area contributed by atoms with E-state index in [0.717, 1.165) is 0 Å². The molecule has 2 N–H and O–H groups in total. The van der Waals surface area contributed by atoms with Crippen LogP contribution in [0.4, 0.5) is 18.9 Å². The van der Waals surface area contributed by atoms with Crippen LogP contribution in [0.1, 0.15) is 0 Å². The van der Waals surface area contributed by atoms with E-state index in [1.54, 1.807) is 24.3 Å². The number of para-hydroxylation sites is 1. The molecule has 3 aromatic rings. The lowest BCUT2D eigenvalue weighted by Gasteiger charge is -2.15. The Bertz CT molecular complexity index is 816. The van der Waals surface area contributed by atoms with Gasteiger partial charge in [-0.15, -0.1) is 13.2 Å². The Morgan fingerprint density at radius 1 is 0.957 bits per heavy atom. The van der Waals surface area contributed by atoms with Crippen molar-refractivity contribution in [2.45, 2.75) is 6.36 Å². The first kappa shape index (κ1) is 14.9. The van der Waals surface area contributed by atoms with Gasteiger partial charge in [0.25, 0.3) is 0 Å². The van der Waals surface area contributed by atoms with Gasteiger partial charge in [-0.1, -0.05) is 18.2 Å². The SMILES string of the molecule is Nc1ccc(-c2ccccc2OC(F)(F)F)c(-n2nccn2)c1. The maximum absolute atomic E-state index is 12.6. The number of hydrogen-bond acceptors (Lipinski definition) is 4. The van der Waals surface area contributed by atoms with Gasteiger partial charge in [0, 0.05) is 16.8 Å². The Hall–Kier alpha value is -3.03. The maximum Gasteiger partial charge on any atom is 0.573 e. The second-order valence-electron chi connectivity index (χ2n) is 4.64. The highest BCUT2D eigenvalue weighted by atomic mass is 19.4. The van der Waals surface area contributed by atoms with Crippen LogP contribution in [0.5, 0.6) is 5.75 Å². The summed E-state index contributed by atoms with van der Waals surface area (Å²) in [5.74, 6) is -0.307. The summed E-state index contributed by atoms with van der Waals surface area (Å²) in [5, 5.41) is 8.01. The molecule has 0 spiro atoms. The van der Waals surface area contributed by atoms with Crippen LogP contribution in [0, 0.1) is 0 Å². The van der Waals surface area contributed by atoms with Crippen molar-refractivity contribution in [1.29, 1.82) is 0 Å². The average Bonchev–Trinajstić information content (AvgIpc) is 3.00. The van der Waals surface area contributed by atoms with Gasteiger partial charge in [0.2, 0.25) is 0 Å². The predicted molar refractivity (Wildman–Crippen MR) is 77.9 cm³/mol. The molecule has 0 bridgehead atoms. The topological polar surface area (TPSA) is 66.0 Å². The third-order valence-corrected chi connectivity index (χ3v) is 3.06. The lowest BCUT2D eigenvalue weighted by molar-refractivity contribution is -0.274. The summed E-state index contributed by atoms with van der Waals surface area (Å²) in [6, 6.07) is 10.6. The van der Waals surface area contributed by atoms with E-state index >= 15 is 0 Å². The number of anilines is 1. The van der Waals surface area contributed by atoms with Gasteiger partial charge in [0.15, 0.2) is 0 Å². The van der Waals surface area contributed by atoms with Gasteiger partial charge in [0.05, 0.1) is 18.1 Å². The molecule has 5 nitrogen and oxygen atoms in total. The molecule has 8 heteroatoms. The molecule has 0 aliphatic carbocycles. The van der Waals surface area contributed by atoms with Crippen LogP contribution < -0.4 is 10.5 Å². The molecule has 1 aromatic heterocycles. The normalized spacial score (nSPS) is 11.4. The van der Waals surface area contributed by atoms with E-state index < -0.39 is 6.36 Å². The molecule has 23 heavy (non-hydrogen) atoms. The summed E-state index contributed by atoms with van der Waals surface area (Å²) in [6.45, 7) is 0. The van der Waals surface area contributed by atoms with Gasteiger partial charge >= 0.3 is 6.36 Å². The fourth-order valence-electron chi connectivity index (χ4n) is 2.18. The Morgan fingerprint density at radius 2 is 1.65 bits per heavy atom. The molecule has 0 aliphatic rings. The summed E-state index contributed by atoms with van der Waals surface area (Å²) in [4.78, 5) is 1.29. The van der Waals surface area contributed by atoms with Gasteiger partial charge in [-0.3, -0.25) is 0 Å². The fourth-order valence-corrected chi connectivity index (χ4v) is 2.18. The van der Waals surface area contributed by atoms with E-state index in [0.29, 0.717) is 16.9 Å². The molecule has 118 valence electrons. The molecule has 0 saturated carbocycles. The van der Waals surface area contributed by atoms with Crippen LogP contribution in [-0.4, -0.2) is 21.4 Å². The van der Waals surface area contributed by atoms with E-state index in [2.05, 4.69) is 14.9 Å². The van der Waals surface area contributed by atoms with Crippen LogP contribution in [0.15, 0.2) is 54.9 Å². The average molecular weight is 320 g/mol. The van der Waals surface area contributed by atoms with Crippen LogP contribution in [0.2, 0.25) is 0 Å². The number of rotatable bonds is 3. The van der Waals surface area contributed by atoms with Gasteiger partial charge in [-0.25, -0.2) is 0 Å². The number of aromatic nitrogens is 3. The second-order valence-corrected chi connectivity index (χ2v) is 4.64. The Balaban J connectivity index is 2.17. The number of nitrogens with zero attached hydrogens (tertiary/aromatic N) is 3. The zero-order valence-corrected chi connectivity index (χ0v) is 11.7. The summed E-state index contributed by atoms with van der Waals surface area (Å²) in [6.07, 6.45) is -1.86. The first-order chi connectivity index (χ1) is 10.9. The fraction of sp³-hybridized carbons (Fsp3) is 0.0667. The minimum atomic E-state index is -4.78. The minimum absolute atomic E-state index is 0.261. The standard InChI is InChI=1S/C15H11F3N4O/c16-15(17,18)23-14-4-2-1-3-12(14)11-6-5-10(19)9-13(11)22-20-7-8-21-22/h1-9H,19H2. The highest BCUT2D eigenvalue weighted by Gasteiger charge is 2.32. The first-order valence-corrected chi connectivity index (χ1v) is 6.55. The number of ether oxygens (including phenoxy) is 1. The second kappa shape index (κ2) is 5.64. The predicted octanol–water partition coefficient (Wildman–Crippen LogP) is 3.42. The molecule has 0 fully saturated rings. The molecule has 1 heterocycles. The quantitative estimate of drug-likeness (QED) is 0.751. The van der Waals surface area contributed by atoms with Crippen molar-refractivity contribution in [3.63, 3.8) is 0 Å². The molecule has 0 radical (unpaired) electrons. The number of alkyl halides is 3. The number of benzene rings is 2. The Labute approximate surface area is 129 Å². The van der Waals surface area contributed by atoms with Crippen molar-refractivity contribution < 1.29 is 17.9 Å². The van der Waals surface area contributed by atoms with Crippen molar-refractivity contribution in [2.24, 2.45) is 0 Å². The van der Waals surface area contributed by atoms with Crippen molar-refractivity contribution in [2.75, 3.05) is 5.73 Å². The molecular weight excluding hydrogens is 309 g/mol. The lowest BCUT2D eigenvalue weighted by atomic mass is 10.0. The van der Waals surface area contributed by atoms with Crippen LogP contribution in [0.3, 0.4) is 0 Å². The van der Waals surface area contributed by atoms with Crippen LogP contribution in [0.25, 0.3) is 16.8 Å². The number of nitrogens with two attached hydrogens (primary N) is 1. The Morgan fingerprint density at radius 3 is 2.35 bits per heavy atom. The first-order valence-electron chi connectivity index (χ1n) is 6.55. The number of hydrogen-bond donors (Lipinski definition) is 1. The molecule has 0 saturated heterocycles. The molecule has 0 amide bonds. The van der Waals surface area contributed by atoms with Crippen molar-refractivity contribution in [3.05, 3.63) is 54.9 Å². The van der Waals surface area contributed by atoms with E-state index in [9.17, 15) is 13.2 Å². The molecule has 0 unspecified atom stereocenters. The van der Waals surface area contributed by atoms with E-state index in [4.69, 9.17) is 5.73 Å². The van der Waals surface area contributed by atoms with Gasteiger partial charge < -0.3 is 10.5 Å². The minimum Gasteiger partial charge on any atom is -0.405 e. The van der Waals surface area contributed by atoms with Gasteiger partial charge in [-0.05, 0) is 24.3 Å². The van der Waals surface area contributed by atoms with Crippen molar-refractivity contribution >= 4 is 5.69 Å². The smallest absolute Gasteiger partial charge is 0.405 e. The Kier molecular flexibility index (Phi) is 3.65. The molecule has 2 aromatic carbocycles. The maximum atomic E-state index is 12.6. The monoisotopic (exact) mass is 320 g/mol. The van der Waals surface area contributed by atoms with Gasteiger partial charge in [-0.2, -0.15) is 15.0 Å². The number of halogens is 3. The van der Waals surface area contributed by atoms with E-state index in [1.807, 2.05) is 0 Å². The number of nitrogen functional groups attached to an aromatic ring is 1. The van der Waals surface area contributed by atoms with Crippen LogP contribution >= 0.6 is 0 Å². The largest absolute Gasteiger partial charge is 0.573 e. The molecule has 0 atom stereocenters. The summed E-state index contributed by atoms with van der Waals surface area (Å²) < 4.78 is 41.9. The molecular formula is C15H11F3N4O. The van der Waals surface area contributed by atoms with Crippen molar-refractivity contribution in [1.82, 2.24) is 15.0 Å². The zero-order valence-electron chi connectivity index (χ0n) is 11.7. The highest BCUT2D eigenvalue weighted by Crippen LogP contribution is 2.37. The van der Waals surface area contributed by atoms with Gasteiger partial charge in [0.1, 0.15) is 5.75 Å². The molecule has 0 aliphatic heterocycles. The van der Waals surface area contributed by atoms with Crippen LogP contribution in [-0.2, 0) is 0 Å². The third kappa shape index (κ3) is 3.25. The summed E-state index contributed by atoms with van der Waals surface area (Å²) in [7, 11) is 0. The lowest BCUT2D eigenvalue weighted by Crippen LogP contribution is -2.17. The van der Waals surface area contributed by atoms with E-state index in [-0.39, 0.29) is 11.3 Å². The highest BCUT2D eigenvalue weighted by molar-refractivity contribution is 5.79. The van der Waals surface area contributed by atoms with E-state index in [1.165, 1.54) is 35.4 Å². The zero-order chi connectivity index (χ0) is 16.4. The molecule has 3 rings (SSSR count). The summed E-state index contributed by atoms with van der Waals surface area (Å²) >= 11 is 0.